The van der Waals surface area contributed by atoms with E-state index >= 15 is 0 Å². The van der Waals surface area contributed by atoms with E-state index in [1.807, 2.05) is 0 Å². The van der Waals surface area contributed by atoms with Crippen molar-refractivity contribution in [2.75, 3.05) is 24.7 Å². The van der Waals surface area contributed by atoms with Gasteiger partial charge in [0.25, 0.3) is 0 Å². The van der Waals surface area contributed by atoms with Crippen LogP contribution in [0, 0.1) is 0 Å². The van der Waals surface area contributed by atoms with Crippen molar-refractivity contribution >= 4 is 28.1 Å². The van der Waals surface area contributed by atoms with Gasteiger partial charge in [-0.05, 0) is 18.6 Å². The maximum Gasteiger partial charge on any atom is 0.411 e. The predicted octanol–water partition coefficient (Wildman–Crippen LogP) is 3.00. The number of anilines is 1. The minimum absolute atomic E-state index is 0.115. The van der Waals surface area contributed by atoms with Crippen molar-refractivity contribution in [1.29, 1.82) is 0 Å². The van der Waals surface area contributed by atoms with Gasteiger partial charge in [0.2, 0.25) is 0 Å². The van der Waals surface area contributed by atoms with Crippen LogP contribution in [0.2, 0.25) is 5.02 Å². The third kappa shape index (κ3) is 5.80. The molecule has 3 nitrogen and oxygen atoms in total. The fourth-order valence-electron chi connectivity index (χ4n) is 1.35. The molecule has 8 heteroatoms. The van der Waals surface area contributed by atoms with Gasteiger partial charge in [-0.2, -0.15) is 13.2 Å². The Kier molecular flexibility index (Phi) is 6.09. The molecule has 0 aliphatic rings. The van der Waals surface area contributed by atoms with Crippen LogP contribution in [0.15, 0.2) is 23.1 Å². The van der Waals surface area contributed by atoms with Crippen molar-refractivity contribution in [2.45, 2.75) is 17.5 Å². The fourth-order valence-corrected chi connectivity index (χ4v) is 2.99. The second-order valence-corrected chi connectivity index (χ2v) is 5.64. The molecule has 1 aromatic carbocycles. The fraction of sp³-hybridized carbons (Fsp3) is 0.455. The topological polar surface area (TPSA) is 52.3 Å². The summed E-state index contributed by atoms with van der Waals surface area (Å²) in [5.41, 5.74) is 5.96. The zero-order chi connectivity index (χ0) is 14.5. The Labute approximate surface area is 116 Å². The van der Waals surface area contributed by atoms with Crippen molar-refractivity contribution < 1.29 is 22.1 Å². The van der Waals surface area contributed by atoms with Gasteiger partial charge in [0, 0.05) is 18.0 Å². The molecule has 0 bridgehead atoms. The van der Waals surface area contributed by atoms with Crippen LogP contribution in [0.3, 0.4) is 0 Å². The van der Waals surface area contributed by atoms with E-state index < -0.39 is 23.6 Å². The first-order chi connectivity index (χ1) is 8.81. The summed E-state index contributed by atoms with van der Waals surface area (Å²) in [7, 11) is -1.45. The van der Waals surface area contributed by atoms with E-state index in [0.29, 0.717) is 10.6 Å². The number of alkyl halides is 3. The van der Waals surface area contributed by atoms with Crippen molar-refractivity contribution in [2.24, 2.45) is 0 Å². The summed E-state index contributed by atoms with van der Waals surface area (Å²) in [6, 6.07) is 4.76. The Morgan fingerprint density at radius 3 is 2.63 bits per heavy atom. The average Bonchev–Trinajstić information content (AvgIpc) is 2.26. The van der Waals surface area contributed by atoms with Gasteiger partial charge in [-0.25, -0.2) is 0 Å². The van der Waals surface area contributed by atoms with Gasteiger partial charge in [0.1, 0.15) is 6.61 Å². The largest absolute Gasteiger partial charge is 0.411 e. The van der Waals surface area contributed by atoms with Crippen molar-refractivity contribution in [1.82, 2.24) is 0 Å². The smallest absolute Gasteiger partial charge is 0.398 e. The lowest BCUT2D eigenvalue weighted by molar-refractivity contribution is -0.173. The molecule has 0 fully saturated rings. The van der Waals surface area contributed by atoms with E-state index in [4.69, 9.17) is 17.3 Å². The summed E-state index contributed by atoms with van der Waals surface area (Å²) in [4.78, 5) is 0.319. The molecular weight excluding hydrogens is 303 g/mol. The van der Waals surface area contributed by atoms with Crippen molar-refractivity contribution in [3.05, 3.63) is 23.2 Å². The number of hydrogen-bond donors (Lipinski definition) is 1. The van der Waals surface area contributed by atoms with E-state index in [9.17, 15) is 17.4 Å². The molecule has 1 unspecified atom stereocenters. The van der Waals surface area contributed by atoms with Gasteiger partial charge in [0.05, 0.1) is 20.7 Å². The lowest BCUT2D eigenvalue weighted by Gasteiger charge is -2.09. The number of nitrogens with two attached hydrogens (primary N) is 1. The minimum atomic E-state index is -4.34. The van der Waals surface area contributed by atoms with Gasteiger partial charge in [-0.15, -0.1) is 0 Å². The second-order valence-electron chi connectivity index (χ2n) is 3.73. The molecule has 1 atom stereocenters. The highest BCUT2D eigenvalue weighted by Gasteiger charge is 2.27. The zero-order valence-corrected chi connectivity index (χ0v) is 11.4. The molecule has 19 heavy (non-hydrogen) atoms. The van der Waals surface area contributed by atoms with E-state index in [1.54, 1.807) is 18.2 Å². The highest BCUT2D eigenvalue weighted by Crippen LogP contribution is 2.26. The van der Waals surface area contributed by atoms with Crippen LogP contribution in [0.5, 0.6) is 0 Å². The molecule has 0 saturated heterocycles. The highest BCUT2D eigenvalue weighted by molar-refractivity contribution is 7.85. The highest BCUT2D eigenvalue weighted by atomic mass is 35.5. The molecule has 0 radical (unpaired) electrons. The molecule has 0 saturated carbocycles. The van der Waals surface area contributed by atoms with Gasteiger partial charge >= 0.3 is 6.18 Å². The molecule has 108 valence electrons. The van der Waals surface area contributed by atoms with Crippen LogP contribution in [0.4, 0.5) is 18.9 Å². The number of benzene rings is 1. The number of halogens is 4. The lowest BCUT2D eigenvalue weighted by Crippen LogP contribution is -2.18. The van der Waals surface area contributed by atoms with Crippen LogP contribution < -0.4 is 5.73 Å². The molecule has 1 rings (SSSR count). The van der Waals surface area contributed by atoms with Gasteiger partial charge < -0.3 is 10.5 Å². The quantitative estimate of drug-likeness (QED) is 0.648. The Balaban J connectivity index is 2.40. The Bertz CT molecular complexity index is 434. The van der Waals surface area contributed by atoms with Crippen LogP contribution in [0.25, 0.3) is 0 Å². The van der Waals surface area contributed by atoms with E-state index in [1.165, 1.54) is 0 Å². The third-order valence-electron chi connectivity index (χ3n) is 2.11. The molecule has 0 aliphatic heterocycles. The molecule has 1 aromatic rings. The zero-order valence-electron chi connectivity index (χ0n) is 9.87. The average molecular weight is 316 g/mol. The third-order valence-corrected chi connectivity index (χ3v) is 4.11. The molecule has 0 heterocycles. The van der Waals surface area contributed by atoms with Crippen LogP contribution in [0.1, 0.15) is 6.42 Å². The maximum atomic E-state index is 11.9. The summed E-state index contributed by atoms with van der Waals surface area (Å²) in [6.07, 6.45) is -4.11. The molecule has 0 spiro atoms. The lowest BCUT2D eigenvalue weighted by atomic mass is 10.3. The van der Waals surface area contributed by atoms with Crippen LogP contribution in [-0.2, 0) is 15.5 Å². The SMILES string of the molecule is Nc1cccc(Cl)c1S(=O)CCCOCC(F)(F)F. The second kappa shape index (κ2) is 7.12. The molecular formula is C11H13ClF3NO2S. The van der Waals surface area contributed by atoms with E-state index in [0.717, 1.165) is 0 Å². The summed E-state index contributed by atoms with van der Waals surface area (Å²) < 4.78 is 51.7. The molecule has 0 amide bonds. The molecule has 0 aromatic heterocycles. The summed E-state index contributed by atoms with van der Waals surface area (Å²) >= 11 is 5.87. The van der Waals surface area contributed by atoms with E-state index in [-0.39, 0.29) is 23.8 Å². The van der Waals surface area contributed by atoms with E-state index in [2.05, 4.69) is 4.74 Å². The van der Waals surface area contributed by atoms with Crippen molar-refractivity contribution in [3.63, 3.8) is 0 Å². The normalized spacial score (nSPS) is 13.5. The minimum Gasteiger partial charge on any atom is -0.398 e. The van der Waals surface area contributed by atoms with Crippen LogP contribution in [-0.4, -0.2) is 29.4 Å². The monoisotopic (exact) mass is 315 g/mol. The number of nitrogen functional groups attached to an aromatic ring is 1. The van der Waals surface area contributed by atoms with Crippen molar-refractivity contribution in [3.8, 4) is 0 Å². The van der Waals surface area contributed by atoms with Gasteiger partial charge in [-0.1, -0.05) is 17.7 Å². The number of ether oxygens (including phenoxy) is 1. The first-order valence-corrected chi connectivity index (χ1v) is 7.08. The Hall–Kier alpha value is -0.790. The first kappa shape index (κ1) is 16.3. The first-order valence-electron chi connectivity index (χ1n) is 5.38. The summed E-state index contributed by atoms with van der Waals surface area (Å²) in [5.74, 6) is 0.145. The van der Waals surface area contributed by atoms with Crippen LogP contribution >= 0.6 is 11.6 Å². The molecule has 2 N–H and O–H groups in total. The maximum absolute atomic E-state index is 11.9. The number of rotatable bonds is 6. The molecule has 0 aliphatic carbocycles. The standard InChI is InChI=1S/C11H13ClF3NO2S/c12-8-3-1-4-9(16)10(8)19(17)6-2-5-18-7-11(13,14)15/h1,3-4H,2,5-7,16H2. The van der Waals surface area contributed by atoms with Gasteiger partial charge in [-0.3, -0.25) is 4.21 Å². The Morgan fingerprint density at radius 2 is 2.05 bits per heavy atom. The Morgan fingerprint density at radius 1 is 1.37 bits per heavy atom. The van der Waals surface area contributed by atoms with Gasteiger partial charge in [0.15, 0.2) is 0 Å². The summed E-state index contributed by atoms with van der Waals surface area (Å²) in [6.45, 7) is -1.41. The predicted molar refractivity (Wildman–Crippen MR) is 68.6 cm³/mol. The number of hydrogen-bond acceptors (Lipinski definition) is 3. The summed E-state index contributed by atoms with van der Waals surface area (Å²) in [5, 5.41) is 0.287.